The maximum Gasteiger partial charge on any atom is 0.0447 e. The molecule has 0 aliphatic heterocycles. The van der Waals surface area contributed by atoms with Crippen LogP contribution < -0.4 is 11.1 Å². The molecular weight excluding hydrogens is 208 g/mol. The first kappa shape index (κ1) is 10.9. The molecule has 1 saturated carbocycles. The Balaban J connectivity index is 2.04. The van der Waals surface area contributed by atoms with Gasteiger partial charge in [-0.05, 0) is 30.5 Å². The number of nitrogens with one attached hydrogen (secondary N) is 1. The maximum absolute atomic E-state index is 5.96. The van der Waals surface area contributed by atoms with Gasteiger partial charge in [0.2, 0.25) is 0 Å². The first-order valence-corrected chi connectivity index (χ1v) is 5.89. The van der Waals surface area contributed by atoms with Crippen LogP contribution in [-0.2, 0) is 0 Å². The molecule has 3 N–H and O–H groups in total. The molecule has 1 aliphatic carbocycles. The van der Waals surface area contributed by atoms with Crippen molar-refractivity contribution in [2.45, 2.75) is 31.3 Å². The average Bonchev–Trinajstić information content (AvgIpc) is 2.16. The topological polar surface area (TPSA) is 38.0 Å². The summed E-state index contributed by atoms with van der Waals surface area (Å²) in [5.41, 5.74) is 6.97. The van der Waals surface area contributed by atoms with Crippen molar-refractivity contribution >= 4 is 11.6 Å². The van der Waals surface area contributed by atoms with Gasteiger partial charge >= 0.3 is 0 Å². The van der Waals surface area contributed by atoms with Gasteiger partial charge < -0.3 is 11.1 Å². The normalized spacial score (nSPS) is 18.5. The molecule has 3 heteroatoms. The Labute approximate surface area is 95.8 Å². The highest BCUT2D eigenvalue weighted by Crippen LogP contribution is 2.23. The van der Waals surface area contributed by atoms with Crippen molar-refractivity contribution in [2.75, 3.05) is 6.54 Å². The summed E-state index contributed by atoms with van der Waals surface area (Å²) in [6.45, 7) is 0.622. The summed E-state index contributed by atoms with van der Waals surface area (Å²) in [5.74, 6) is 0. The zero-order valence-electron chi connectivity index (χ0n) is 8.75. The van der Waals surface area contributed by atoms with Crippen LogP contribution in [0.4, 0.5) is 0 Å². The van der Waals surface area contributed by atoms with Crippen LogP contribution in [0.1, 0.15) is 30.9 Å². The fourth-order valence-corrected chi connectivity index (χ4v) is 2.08. The fraction of sp³-hybridized carbons (Fsp3) is 0.500. The van der Waals surface area contributed by atoms with Crippen LogP contribution in [0.2, 0.25) is 5.02 Å². The van der Waals surface area contributed by atoms with Crippen molar-refractivity contribution < 1.29 is 0 Å². The van der Waals surface area contributed by atoms with Crippen molar-refractivity contribution in [3.63, 3.8) is 0 Å². The van der Waals surface area contributed by atoms with Gasteiger partial charge in [-0.25, -0.2) is 0 Å². The van der Waals surface area contributed by atoms with E-state index in [1.165, 1.54) is 24.8 Å². The van der Waals surface area contributed by atoms with Crippen LogP contribution >= 0.6 is 11.6 Å². The molecular formula is C12H17ClN2. The minimum atomic E-state index is 0.244. The quantitative estimate of drug-likeness (QED) is 0.825. The SMILES string of the molecule is NCC(NC1CCC1)c1cccc(Cl)c1. The summed E-state index contributed by atoms with van der Waals surface area (Å²) in [6, 6.07) is 8.83. The predicted molar refractivity (Wildman–Crippen MR) is 64.0 cm³/mol. The zero-order chi connectivity index (χ0) is 10.7. The van der Waals surface area contributed by atoms with Gasteiger partial charge in [0, 0.05) is 23.7 Å². The molecule has 0 radical (unpaired) electrons. The third kappa shape index (κ3) is 2.71. The molecule has 0 amide bonds. The van der Waals surface area contributed by atoms with E-state index in [1.54, 1.807) is 0 Å². The van der Waals surface area contributed by atoms with E-state index in [0.29, 0.717) is 12.6 Å². The molecule has 0 heterocycles. The molecule has 1 aromatic rings. The third-order valence-electron chi connectivity index (χ3n) is 3.03. The lowest BCUT2D eigenvalue weighted by Crippen LogP contribution is -2.40. The predicted octanol–water partition coefficient (Wildman–Crippen LogP) is 2.48. The van der Waals surface area contributed by atoms with E-state index in [4.69, 9.17) is 17.3 Å². The second-order valence-electron chi connectivity index (χ2n) is 4.14. The highest BCUT2D eigenvalue weighted by molar-refractivity contribution is 6.30. The number of rotatable bonds is 4. The highest BCUT2D eigenvalue weighted by atomic mass is 35.5. The highest BCUT2D eigenvalue weighted by Gasteiger charge is 2.21. The molecule has 0 aromatic heterocycles. The first-order valence-electron chi connectivity index (χ1n) is 5.51. The van der Waals surface area contributed by atoms with E-state index < -0.39 is 0 Å². The number of nitrogens with two attached hydrogens (primary N) is 1. The molecule has 1 aromatic carbocycles. The standard InChI is InChI=1S/C12H17ClN2/c13-10-4-1-3-9(7-10)12(8-14)15-11-5-2-6-11/h1,3-4,7,11-12,15H,2,5-6,8,14H2. The van der Waals surface area contributed by atoms with Gasteiger partial charge in [0.25, 0.3) is 0 Å². The van der Waals surface area contributed by atoms with Crippen molar-refractivity contribution in [2.24, 2.45) is 5.73 Å². The second-order valence-corrected chi connectivity index (χ2v) is 4.57. The number of benzene rings is 1. The van der Waals surface area contributed by atoms with Gasteiger partial charge in [-0.1, -0.05) is 30.2 Å². The van der Waals surface area contributed by atoms with Gasteiger partial charge in [0.05, 0.1) is 0 Å². The average molecular weight is 225 g/mol. The van der Waals surface area contributed by atoms with E-state index in [1.807, 2.05) is 18.2 Å². The van der Waals surface area contributed by atoms with E-state index in [0.717, 1.165) is 5.02 Å². The Hall–Kier alpha value is -0.570. The van der Waals surface area contributed by atoms with Gasteiger partial charge in [0.1, 0.15) is 0 Å². The van der Waals surface area contributed by atoms with Crippen molar-refractivity contribution in [1.82, 2.24) is 5.32 Å². The molecule has 82 valence electrons. The summed E-state index contributed by atoms with van der Waals surface area (Å²) in [5, 5.41) is 4.34. The van der Waals surface area contributed by atoms with Crippen LogP contribution in [0, 0.1) is 0 Å². The molecule has 1 fully saturated rings. The summed E-state index contributed by atoms with van der Waals surface area (Å²) >= 11 is 5.96. The zero-order valence-corrected chi connectivity index (χ0v) is 9.50. The summed E-state index contributed by atoms with van der Waals surface area (Å²) < 4.78 is 0. The lowest BCUT2D eigenvalue weighted by atomic mass is 9.91. The van der Waals surface area contributed by atoms with Crippen LogP contribution in [-0.4, -0.2) is 12.6 Å². The summed E-state index contributed by atoms with van der Waals surface area (Å²) in [7, 11) is 0. The van der Waals surface area contributed by atoms with Crippen LogP contribution in [0.5, 0.6) is 0 Å². The molecule has 0 spiro atoms. The van der Waals surface area contributed by atoms with E-state index in [2.05, 4.69) is 11.4 Å². The molecule has 1 atom stereocenters. The van der Waals surface area contributed by atoms with Crippen molar-refractivity contribution in [3.8, 4) is 0 Å². The Bertz CT molecular complexity index is 323. The summed E-state index contributed by atoms with van der Waals surface area (Å²) in [4.78, 5) is 0. The van der Waals surface area contributed by atoms with E-state index in [9.17, 15) is 0 Å². The molecule has 0 saturated heterocycles. The molecule has 1 unspecified atom stereocenters. The minimum absolute atomic E-state index is 0.244. The number of hydrogen-bond acceptors (Lipinski definition) is 2. The fourth-order valence-electron chi connectivity index (χ4n) is 1.88. The van der Waals surface area contributed by atoms with Gasteiger partial charge in [-0.3, -0.25) is 0 Å². The smallest absolute Gasteiger partial charge is 0.0447 e. The Morgan fingerprint density at radius 3 is 2.80 bits per heavy atom. The lowest BCUT2D eigenvalue weighted by Gasteiger charge is -2.31. The molecule has 1 aliphatic rings. The number of halogens is 1. The molecule has 15 heavy (non-hydrogen) atoms. The third-order valence-corrected chi connectivity index (χ3v) is 3.26. The molecule has 2 nitrogen and oxygen atoms in total. The Morgan fingerprint density at radius 1 is 1.47 bits per heavy atom. The largest absolute Gasteiger partial charge is 0.329 e. The van der Waals surface area contributed by atoms with Gasteiger partial charge in [-0.2, -0.15) is 0 Å². The number of hydrogen-bond donors (Lipinski definition) is 2. The van der Waals surface area contributed by atoms with Gasteiger partial charge in [-0.15, -0.1) is 0 Å². The Morgan fingerprint density at radius 2 is 2.27 bits per heavy atom. The molecule has 2 rings (SSSR count). The van der Waals surface area contributed by atoms with Crippen LogP contribution in [0.3, 0.4) is 0 Å². The minimum Gasteiger partial charge on any atom is -0.329 e. The first-order chi connectivity index (χ1) is 7.29. The van der Waals surface area contributed by atoms with E-state index in [-0.39, 0.29) is 6.04 Å². The van der Waals surface area contributed by atoms with Crippen molar-refractivity contribution in [3.05, 3.63) is 34.9 Å². The van der Waals surface area contributed by atoms with E-state index >= 15 is 0 Å². The lowest BCUT2D eigenvalue weighted by molar-refractivity contribution is 0.307. The van der Waals surface area contributed by atoms with Gasteiger partial charge in [0.15, 0.2) is 0 Å². The maximum atomic E-state index is 5.96. The second kappa shape index (κ2) is 4.97. The van der Waals surface area contributed by atoms with Crippen molar-refractivity contribution in [1.29, 1.82) is 0 Å². The van der Waals surface area contributed by atoms with Crippen LogP contribution in [0.15, 0.2) is 24.3 Å². The Kier molecular flexibility index (Phi) is 3.62. The monoisotopic (exact) mass is 224 g/mol. The summed E-state index contributed by atoms with van der Waals surface area (Å²) in [6.07, 6.45) is 3.89. The molecule has 0 bridgehead atoms. The van der Waals surface area contributed by atoms with Crippen LogP contribution in [0.25, 0.3) is 0 Å².